The molecule has 18 N–H and O–H groups in total. The predicted molar refractivity (Wildman–Crippen MR) is 533 cm³/mol. The van der Waals surface area contributed by atoms with Crippen LogP contribution in [-0.4, -0.2) is 236 Å². The van der Waals surface area contributed by atoms with E-state index in [-0.39, 0.29) is 203 Å². The minimum absolute atomic E-state index is 0.0115. The van der Waals surface area contributed by atoms with Crippen LogP contribution in [-0.2, 0) is 111 Å². The van der Waals surface area contributed by atoms with Crippen LogP contribution in [0.2, 0.25) is 0 Å². The van der Waals surface area contributed by atoms with E-state index in [1.807, 2.05) is 0 Å². The molecule has 0 saturated carbocycles. The van der Waals surface area contributed by atoms with Crippen molar-refractivity contribution in [3.8, 4) is 0 Å². The van der Waals surface area contributed by atoms with E-state index in [0.717, 1.165) is 22.3 Å². The van der Waals surface area contributed by atoms with Gasteiger partial charge >= 0.3 is 11.9 Å². The molecule has 5 aromatic carbocycles. The number of H-pyrrole nitrogens is 2. The van der Waals surface area contributed by atoms with Crippen molar-refractivity contribution in [2.75, 3.05) is 89.4 Å². The Bertz CT molecular complexity index is 6780. The first kappa shape index (κ1) is 112. The molecule has 0 aliphatic rings. The summed E-state index contributed by atoms with van der Waals surface area (Å²) < 4.78 is 107. The molecule has 10 rings (SSSR count). The van der Waals surface area contributed by atoms with Crippen LogP contribution >= 0.6 is 0 Å². The Hall–Kier alpha value is -14.9. The highest BCUT2D eigenvalue weighted by Crippen LogP contribution is 2.27. The number of sulfonamides is 2. The van der Waals surface area contributed by atoms with E-state index in [1.54, 1.807) is 142 Å². The maximum atomic E-state index is 14.0. The first-order valence-electron chi connectivity index (χ1n) is 46.7. The molecule has 776 valence electrons. The molecular weight excluding hydrogens is 1940 g/mol. The van der Waals surface area contributed by atoms with Crippen LogP contribution in [0, 0.1) is 41.5 Å². The minimum atomic E-state index is -4.55. The first-order chi connectivity index (χ1) is 69.2. The summed E-state index contributed by atoms with van der Waals surface area (Å²) in [5.41, 5.74) is 3.63. The Kier molecular flexibility index (Phi) is 42.2. The number of hydrogen-bond donors (Lipinski definition) is 18. The van der Waals surface area contributed by atoms with Gasteiger partial charge in [-0.2, -0.15) is 23.0 Å². The second-order valence-corrected chi connectivity index (χ2v) is 38.8. The third-order valence-electron chi connectivity index (χ3n) is 22.6. The topological polar surface area (TPSA) is 665 Å². The van der Waals surface area contributed by atoms with Crippen LogP contribution in [0.15, 0.2) is 175 Å². The number of amides is 9. The first-order valence-corrected chi connectivity index (χ1v) is 51.1. The fourth-order valence-electron chi connectivity index (χ4n) is 15.7. The summed E-state index contributed by atoms with van der Waals surface area (Å²) >= 11 is 0. The number of rotatable bonds is 60. The summed E-state index contributed by atoms with van der Waals surface area (Å²) in [6.07, 6.45) is 11.4. The van der Waals surface area contributed by atoms with Crippen LogP contribution in [0.25, 0.3) is 21.8 Å². The highest BCUT2D eigenvalue weighted by atomic mass is 32.2. The van der Waals surface area contributed by atoms with Gasteiger partial charge in [-0.25, -0.2) is 31.8 Å². The molecule has 10 aromatic rings. The molecule has 49 heteroatoms. The van der Waals surface area contributed by atoms with Crippen molar-refractivity contribution in [2.24, 2.45) is 10.2 Å². The Morgan fingerprint density at radius 3 is 1.26 bits per heavy atom. The second kappa shape index (κ2) is 54.5. The maximum absolute atomic E-state index is 14.0. The van der Waals surface area contributed by atoms with Crippen molar-refractivity contribution in [1.82, 2.24) is 91.3 Å². The molecule has 9 amide bonds. The van der Waals surface area contributed by atoms with Crippen molar-refractivity contribution in [3.63, 3.8) is 0 Å². The minimum Gasteiger partial charge on any atom is -0.480 e. The number of aromatic amines is 2. The number of carbonyl (C=O) groups excluding carboxylic acids is 9. The number of azo groups is 1. The Labute approximate surface area is 835 Å². The monoisotopic (exact) mass is 2060 g/mol. The number of imidazole rings is 2. The number of aliphatic carboxylic acids is 2. The zero-order chi connectivity index (χ0) is 105. The highest BCUT2D eigenvalue weighted by Gasteiger charge is 2.33. The van der Waals surface area contributed by atoms with Crippen LogP contribution in [0.3, 0.4) is 0 Å². The molecule has 0 radical (unpaired) electrons. The van der Waals surface area contributed by atoms with Crippen molar-refractivity contribution in [1.29, 1.82) is 0 Å². The number of pyridine rings is 3. The van der Waals surface area contributed by atoms with Gasteiger partial charge in [-0.05, 0) is 168 Å². The summed E-state index contributed by atoms with van der Waals surface area (Å²) in [6.45, 7) is 11.0. The van der Waals surface area contributed by atoms with E-state index in [0.29, 0.717) is 77.4 Å². The molecule has 0 spiro atoms. The zero-order valence-electron chi connectivity index (χ0n) is 80.8. The molecule has 0 aliphatic heterocycles. The van der Waals surface area contributed by atoms with E-state index in [2.05, 4.69) is 103 Å². The van der Waals surface area contributed by atoms with Crippen molar-refractivity contribution < 1.29 is 102 Å². The van der Waals surface area contributed by atoms with Gasteiger partial charge in [0, 0.05) is 191 Å². The van der Waals surface area contributed by atoms with Crippen molar-refractivity contribution in [3.05, 3.63) is 228 Å². The number of fused-ring (bicyclic) bond motifs is 2. The molecule has 0 aliphatic carbocycles. The van der Waals surface area contributed by atoms with E-state index in [4.69, 9.17) is 9.47 Å². The van der Waals surface area contributed by atoms with Gasteiger partial charge in [0.2, 0.25) is 66.3 Å². The number of carboxylic acid groups (broad SMARTS) is 2. The molecular formula is C96H120N22O24S3. The van der Waals surface area contributed by atoms with Crippen molar-refractivity contribution >= 4 is 135 Å². The number of nitrogens with one attached hydrogen (secondary N) is 15. The standard InChI is InChI=1S/C96H120N22O24S3/c1-59-45-61(3)87(62(4)46-59)143(134,135)115-74(93(130)131)55-108-90(127)71-57-117(76-49-65(17-20-69(76)85(71)124)51-110-95-103-35-36-104-95)39-9-29-97-81(120)25-27-83(122)100-32-12-42-141-41-11-31-99-80(119)24-22-73(113-89(126)68-19-23-79(107-53-68)114-112-54-67-15-7-8-16-78(67)145(138,139)140)92(129)102-34-14-44-142-43-13-33-101-84(123)28-26-82(121)98-30-10-40-118-58-72(86(125)70-21-18-66(50-77(70)118)52-111-96-105-37-38-106-96)91(128)109-56-75(94(132)133)116-144(136,137)88-63(5)47-60(2)48-64(88)6/h7-8,15-21,23,35-38,45-50,53,57-58,73-75,115-116H,9-14,22,24-34,39-44,51-52,54-56H2,1-6H3,(H,97,120)(H,98,121)(H,99,119)(H,100,122)(H,101,123)(H,102,129)(H,108,127)(H,109,128)(H,113,126)(H,130,131)(H,132,133)(H2,103,104,110)(H2,105,106,111)(H,138,139,140). The number of nitrogens with zero attached hydrogens (tertiary/aromatic N) is 7. The molecule has 3 atom stereocenters. The van der Waals surface area contributed by atoms with Gasteiger partial charge in [0.25, 0.3) is 27.8 Å². The summed E-state index contributed by atoms with van der Waals surface area (Å²) in [7, 11) is -13.3. The van der Waals surface area contributed by atoms with Crippen LogP contribution in [0.1, 0.15) is 158 Å². The number of hydrogen-bond acceptors (Lipinski definition) is 28. The van der Waals surface area contributed by atoms with E-state index in [1.165, 1.54) is 48.9 Å². The largest absolute Gasteiger partial charge is 0.480 e. The van der Waals surface area contributed by atoms with Crippen LogP contribution in [0.5, 0.6) is 0 Å². The van der Waals surface area contributed by atoms with Crippen LogP contribution in [0.4, 0.5) is 17.7 Å². The SMILES string of the molecule is Cc1cc(C)c(S(=O)(=O)NC(CNC(=O)c2cn(CCCNC(=O)CCC(=O)NCCCOCCCNC(=O)CCC(NC(=O)c3ccc(N=NCc4ccccc4S(=O)(=O)O)nc3)C(=O)NCCCOCCCNC(=O)CCC(=O)NCCCn3cc(C(=O)NCC(NS(=O)(=O)c4c(C)cc(C)cc4C)C(=O)O)c(=O)c4ccc(CNc5ncc[nH]5)cc43)c3cc(CNc4ncc[nH]4)ccc3c2=O)C(=O)O)c(C)c1. The van der Waals surface area contributed by atoms with E-state index < -0.39 is 131 Å². The average Bonchev–Trinajstić information content (AvgIpc) is 0.917. The van der Waals surface area contributed by atoms with Gasteiger partial charge in [-0.1, -0.05) is 65.7 Å². The number of ether oxygens (including phenoxy) is 2. The lowest BCUT2D eigenvalue weighted by molar-refractivity contribution is -0.139. The Morgan fingerprint density at radius 1 is 0.462 bits per heavy atom. The highest BCUT2D eigenvalue weighted by molar-refractivity contribution is 7.90. The number of anilines is 2. The number of aromatic nitrogens is 7. The maximum Gasteiger partial charge on any atom is 0.323 e. The van der Waals surface area contributed by atoms with E-state index >= 15 is 0 Å². The molecule has 145 heavy (non-hydrogen) atoms. The molecule has 5 heterocycles. The van der Waals surface area contributed by atoms with Gasteiger partial charge < -0.3 is 97.3 Å². The van der Waals surface area contributed by atoms with Gasteiger partial charge in [-0.15, -0.1) is 5.11 Å². The van der Waals surface area contributed by atoms with Crippen molar-refractivity contribution in [2.45, 2.75) is 184 Å². The number of aryl methyl sites for hydroxylation is 8. The second-order valence-electron chi connectivity index (χ2n) is 34.2. The van der Waals surface area contributed by atoms with Crippen LogP contribution < -0.4 is 78.8 Å². The molecule has 5 aromatic heterocycles. The summed E-state index contributed by atoms with van der Waals surface area (Å²) in [5, 5.41) is 58.8. The van der Waals surface area contributed by atoms with Gasteiger partial charge in [0.05, 0.1) is 37.8 Å². The fraction of sp³-hybridized carbons (Fsp3) is 0.396. The van der Waals surface area contributed by atoms with Gasteiger partial charge in [0.15, 0.2) is 17.7 Å². The Balaban J connectivity index is 0.617. The summed E-state index contributed by atoms with van der Waals surface area (Å²) in [4.78, 5) is 191. The van der Waals surface area contributed by atoms with Gasteiger partial charge in [0.1, 0.15) is 29.3 Å². The average molecular weight is 2060 g/mol. The molecule has 0 fully saturated rings. The Morgan fingerprint density at radius 2 is 0.869 bits per heavy atom. The lowest BCUT2D eigenvalue weighted by Gasteiger charge is -2.19. The molecule has 0 bridgehead atoms. The number of carboxylic acids is 2. The number of benzene rings is 5. The molecule has 46 nitrogen and oxygen atoms in total. The summed E-state index contributed by atoms with van der Waals surface area (Å²) in [6, 6.07) is 20.0. The quantitative estimate of drug-likeness (QED) is 0.0135. The smallest absolute Gasteiger partial charge is 0.323 e. The summed E-state index contributed by atoms with van der Waals surface area (Å²) in [5.74, 6) is -7.46. The number of carbonyl (C=O) groups is 11. The van der Waals surface area contributed by atoms with E-state index in [9.17, 15) is 102 Å². The predicted octanol–water partition coefficient (Wildman–Crippen LogP) is 5.00. The van der Waals surface area contributed by atoms with Gasteiger partial charge in [-0.3, -0.25) is 66.9 Å². The molecule has 0 saturated heterocycles. The zero-order valence-corrected chi connectivity index (χ0v) is 83.2. The third kappa shape index (κ3) is 34.7. The normalized spacial score (nSPS) is 12.2. The third-order valence-corrected chi connectivity index (χ3v) is 27.1. The fourth-order valence-corrected chi connectivity index (χ4v) is 19.7. The lowest BCUT2D eigenvalue weighted by atomic mass is 10.1. The molecule has 3 unspecified atom stereocenters. The lowest BCUT2D eigenvalue weighted by Crippen LogP contribution is -2.49.